The quantitative estimate of drug-likeness (QED) is 0.836. The molecule has 1 aromatic heterocycles. The van der Waals surface area contributed by atoms with Gasteiger partial charge in [-0.2, -0.15) is 0 Å². The Labute approximate surface area is 120 Å². The number of nitrogens with one attached hydrogen (secondary N) is 1. The highest BCUT2D eigenvalue weighted by Crippen LogP contribution is 2.22. The van der Waals surface area contributed by atoms with Crippen molar-refractivity contribution in [3.63, 3.8) is 0 Å². The number of carbonyl (C=O) groups is 1. The highest BCUT2D eigenvalue weighted by molar-refractivity contribution is 6.33. The first-order valence-electron chi connectivity index (χ1n) is 5.92. The van der Waals surface area contributed by atoms with E-state index >= 15 is 0 Å². The Morgan fingerprint density at radius 3 is 2.95 bits per heavy atom. The van der Waals surface area contributed by atoms with Gasteiger partial charge in [-0.05, 0) is 24.3 Å². The minimum Gasteiger partial charge on any atom is -0.397 e. The van der Waals surface area contributed by atoms with E-state index in [4.69, 9.17) is 17.3 Å². The molecule has 0 aliphatic heterocycles. The van der Waals surface area contributed by atoms with Gasteiger partial charge in [0.1, 0.15) is 0 Å². The summed E-state index contributed by atoms with van der Waals surface area (Å²) in [6, 6.07) is 6.49. The van der Waals surface area contributed by atoms with Crippen LogP contribution in [0.2, 0.25) is 5.02 Å². The van der Waals surface area contributed by atoms with E-state index in [-0.39, 0.29) is 24.6 Å². The van der Waals surface area contributed by atoms with E-state index in [2.05, 4.69) is 10.3 Å². The number of anilines is 2. The zero-order valence-electron chi connectivity index (χ0n) is 10.5. The van der Waals surface area contributed by atoms with Crippen molar-refractivity contribution in [2.45, 2.75) is 13.0 Å². The first-order valence-corrected chi connectivity index (χ1v) is 6.30. The van der Waals surface area contributed by atoms with Gasteiger partial charge in [0.05, 0.1) is 10.7 Å². The zero-order chi connectivity index (χ0) is 14.5. The van der Waals surface area contributed by atoms with Crippen LogP contribution in [0.15, 0.2) is 41.5 Å². The molecule has 0 atom stereocenters. The van der Waals surface area contributed by atoms with Crippen LogP contribution in [0.25, 0.3) is 0 Å². The highest BCUT2D eigenvalue weighted by atomic mass is 35.5. The predicted octanol–water partition coefficient (Wildman–Crippen LogP) is 1.51. The Hall–Kier alpha value is -2.34. The Kier molecular flexibility index (Phi) is 4.37. The summed E-state index contributed by atoms with van der Waals surface area (Å²) in [5, 5.41) is 3.12. The van der Waals surface area contributed by atoms with Crippen molar-refractivity contribution in [3.8, 4) is 0 Å². The van der Waals surface area contributed by atoms with Crippen LogP contribution in [0.1, 0.15) is 6.42 Å². The van der Waals surface area contributed by atoms with Crippen molar-refractivity contribution in [1.82, 2.24) is 9.55 Å². The van der Waals surface area contributed by atoms with Gasteiger partial charge < -0.3 is 11.1 Å². The number of rotatable bonds is 4. The second-order valence-electron chi connectivity index (χ2n) is 4.13. The first-order chi connectivity index (χ1) is 9.56. The van der Waals surface area contributed by atoms with Crippen LogP contribution in [0, 0.1) is 0 Å². The van der Waals surface area contributed by atoms with Gasteiger partial charge in [-0.1, -0.05) is 11.6 Å². The number of nitrogens with zero attached hydrogens (tertiary/aromatic N) is 2. The van der Waals surface area contributed by atoms with Crippen LogP contribution in [0.5, 0.6) is 0 Å². The largest absolute Gasteiger partial charge is 0.397 e. The average Bonchev–Trinajstić information content (AvgIpc) is 2.42. The summed E-state index contributed by atoms with van der Waals surface area (Å²) in [7, 11) is 0. The summed E-state index contributed by atoms with van der Waals surface area (Å²) < 4.78 is 1.37. The Balaban J connectivity index is 1.94. The summed E-state index contributed by atoms with van der Waals surface area (Å²) in [6.45, 7) is 0.265. The van der Waals surface area contributed by atoms with Crippen LogP contribution in [-0.4, -0.2) is 15.5 Å². The molecule has 0 aliphatic carbocycles. The fraction of sp³-hybridized carbons (Fsp3) is 0.154. The Bertz CT molecular complexity index is 684. The maximum atomic E-state index is 11.8. The van der Waals surface area contributed by atoms with Gasteiger partial charge in [0, 0.05) is 31.0 Å². The maximum Gasteiger partial charge on any atom is 0.347 e. The van der Waals surface area contributed by atoms with E-state index in [1.807, 2.05) is 0 Å². The second kappa shape index (κ2) is 6.21. The molecule has 0 aliphatic rings. The number of aromatic nitrogens is 2. The molecule has 2 rings (SSSR count). The van der Waals surface area contributed by atoms with E-state index in [9.17, 15) is 9.59 Å². The molecule has 1 amide bonds. The number of nitrogens with two attached hydrogens (primary N) is 1. The van der Waals surface area contributed by atoms with Gasteiger partial charge >= 0.3 is 5.69 Å². The van der Waals surface area contributed by atoms with E-state index in [1.165, 1.54) is 10.8 Å². The first kappa shape index (κ1) is 14.1. The molecule has 0 fully saturated rings. The molecule has 1 aromatic carbocycles. The minimum atomic E-state index is -0.379. The molecule has 20 heavy (non-hydrogen) atoms. The lowest BCUT2D eigenvalue weighted by atomic mass is 10.2. The van der Waals surface area contributed by atoms with Crippen molar-refractivity contribution >= 4 is 28.9 Å². The van der Waals surface area contributed by atoms with Gasteiger partial charge in [-0.3, -0.25) is 9.36 Å². The molecular formula is C13H13ClN4O2. The minimum absolute atomic E-state index is 0.161. The van der Waals surface area contributed by atoms with Crippen molar-refractivity contribution in [2.24, 2.45) is 0 Å². The topological polar surface area (TPSA) is 90.0 Å². The van der Waals surface area contributed by atoms with Crippen LogP contribution < -0.4 is 16.7 Å². The summed E-state index contributed by atoms with van der Waals surface area (Å²) in [5.41, 5.74) is 6.23. The third kappa shape index (κ3) is 3.58. The zero-order valence-corrected chi connectivity index (χ0v) is 11.3. The van der Waals surface area contributed by atoms with Crippen LogP contribution in [-0.2, 0) is 11.3 Å². The Morgan fingerprint density at radius 1 is 1.45 bits per heavy atom. The molecule has 6 nitrogen and oxygen atoms in total. The number of aryl methyl sites for hydroxylation is 1. The lowest BCUT2D eigenvalue weighted by Gasteiger charge is -2.07. The summed E-state index contributed by atoms with van der Waals surface area (Å²) in [5.74, 6) is -0.220. The molecule has 2 aromatic rings. The Morgan fingerprint density at radius 2 is 2.25 bits per heavy atom. The van der Waals surface area contributed by atoms with Gasteiger partial charge in [0.2, 0.25) is 5.91 Å². The normalized spacial score (nSPS) is 10.2. The summed E-state index contributed by atoms with van der Waals surface area (Å²) in [6.07, 6.45) is 3.16. The number of amides is 1. The van der Waals surface area contributed by atoms with E-state index < -0.39 is 0 Å². The molecule has 0 bridgehead atoms. The van der Waals surface area contributed by atoms with Crippen LogP contribution in [0.3, 0.4) is 0 Å². The maximum absolute atomic E-state index is 11.8. The van der Waals surface area contributed by atoms with Crippen LogP contribution in [0.4, 0.5) is 11.4 Å². The van der Waals surface area contributed by atoms with Gasteiger partial charge in [-0.15, -0.1) is 0 Å². The van der Waals surface area contributed by atoms with E-state index in [0.29, 0.717) is 16.4 Å². The molecular weight excluding hydrogens is 280 g/mol. The fourth-order valence-corrected chi connectivity index (χ4v) is 1.74. The molecule has 1 heterocycles. The highest BCUT2D eigenvalue weighted by Gasteiger charge is 2.05. The average molecular weight is 293 g/mol. The van der Waals surface area contributed by atoms with E-state index in [1.54, 1.807) is 30.5 Å². The van der Waals surface area contributed by atoms with Gasteiger partial charge in [0.25, 0.3) is 0 Å². The molecule has 3 N–H and O–H groups in total. The van der Waals surface area contributed by atoms with Gasteiger partial charge in [0.15, 0.2) is 0 Å². The lowest BCUT2D eigenvalue weighted by molar-refractivity contribution is -0.116. The number of benzene rings is 1. The van der Waals surface area contributed by atoms with Crippen LogP contribution >= 0.6 is 11.6 Å². The number of hydrogen-bond donors (Lipinski definition) is 2. The van der Waals surface area contributed by atoms with E-state index in [0.717, 1.165) is 0 Å². The molecule has 0 saturated heterocycles. The second-order valence-corrected chi connectivity index (χ2v) is 4.54. The van der Waals surface area contributed by atoms with Crippen molar-refractivity contribution in [3.05, 3.63) is 52.2 Å². The number of halogens is 1. The SMILES string of the molecule is Nc1cc(NC(=O)CCn2cccnc2=O)ccc1Cl. The molecule has 0 unspecified atom stereocenters. The number of nitrogen functional groups attached to an aromatic ring is 1. The molecule has 104 valence electrons. The third-order valence-corrected chi connectivity index (χ3v) is 2.99. The molecule has 0 radical (unpaired) electrons. The lowest BCUT2D eigenvalue weighted by Crippen LogP contribution is -2.24. The number of hydrogen-bond acceptors (Lipinski definition) is 4. The summed E-state index contributed by atoms with van der Waals surface area (Å²) >= 11 is 5.79. The van der Waals surface area contributed by atoms with Crippen molar-refractivity contribution < 1.29 is 4.79 Å². The molecule has 0 saturated carbocycles. The standard InChI is InChI=1S/C13H13ClN4O2/c14-10-3-2-9(8-11(10)15)17-12(19)4-7-18-6-1-5-16-13(18)20/h1-3,5-6,8H,4,7,15H2,(H,17,19). The monoisotopic (exact) mass is 292 g/mol. The smallest absolute Gasteiger partial charge is 0.347 e. The predicted molar refractivity (Wildman–Crippen MR) is 77.6 cm³/mol. The number of carbonyl (C=O) groups excluding carboxylic acids is 1. The fourth-order valence-electron chi connectivity index (χ4n) is 1.62. The van der Waals surface area contributed by atoms with Crippen molar-refractivity contribution in [1.29, 1.82) is 0 Å². The summed E-state index contributed by atoms with van der Waals surface area (Å²) in [4.78, 5) is 26.7. The molecule has 0 spiro atoms. The molecule has 7 heteroatoms. The van der Waals surface area contributed by atoms with Gasteiger partial charge in [-0.25, -0.2) is 9.78 Å². The third-order valence-electron chi connectivity index (χ3n) is 2.64. The van der Waals surface area contributed by atoms with Crippen molar-refractivity contribution in [2.75, 3.05) is 11.1 Å².